The smallest absolute Gasteiger partial charge is 0.227 e. The molecule has 0 aromatic carbocycles. The molecule has 0 bridgehead atoms. The van der Waals surface area contributed by atoms with Gasteiger partial charge >= 0.3 is 0 Å². The van der Waals surface area contributed by atoms with Gasteiger partial charge in [-0.25, -0.2) is 4.98 Å². The summed E-state index contributed by atoms with van der Waals surface area (Å²) >= 11 is 1.57. The lowest BCUT2D eigenvalue weighted by Gasteiger charge is -2.11. The first-order chi connectivity index (χ1) is 10.6. The van der Waals surface area contributed by atoms with Crippen LogP contribution in [0.25, 0.3) is 0 Å². The van der Waals surface area contributed by atoms with Gasteiger partial charge in [-0.05, 0) is 48.4 Å². The maximum atomic E-state index is 12.0. The van der Waals surface area contributed by atoms with Crippen molar-refractivity contribution in [2.75, 3.05) is 11.9 Å². The van der Waals surface area contributed by atoms with Gasteiger partial charge in [0.15, 0.2) is 0 Å². The summed E-state index contributed by atoms with van der Waals surface area (Å²) in [6.07, 6.45) is 0.220. The van der Waals surface area contributed by atoms with Crippen molar-refractivity contribution in [3.05, 3.63) is 46.3 Å². The Kier molecular flexibility index (Phi) is 5.66. The number of nitrogens with zero attached hydrogens (tertiary/aromatic N) is 1. The predicted octanol–water partition coefficient (Wildman–Crippen LogP) is 2.70. The number of carbonyl (C=O) groups excluding carboxylic acids is 2. The summed E-state index contributed by atoms with van der Waals surface area (Å²) in [4.78, 5) is 28.0. The lowest BCUT2D eigenvalue weighted by atomic mass is 10.0. The average molecular weight is 317 g/mol. The van der Waals surface area contributed by atoms with E-state index in [0.29, 0.717) is 12.4 Å². The van der Waals surface area contributed by atoms with E-state index in [1.807, 2.05) is 42.8 Å². The predicted molar refractivity (Wildman–Crippen MR) is 88.0 cm³/mol. The van der Waals surface area contributed by atoms with Crippen LogP contribution in [0.5, 0.6) is 0 Å². The Bertz CT molecular complexity index is 641. The second-order valence-electron chi connectivity index (χ2n) is 5.03. The monoisotopic (exact) mass is 317 g/mol. The molecule has 0 radical (unpaired) electrons. The zero-order valence-electron chi connectivity index (χ0n) is 12.6. The number of aryl methyl sites for hydroxylation is 1. The molecule has 0 fully saturated rings. The van der Waals surface area contributed by atoms with Crippen molar-refractivity contribution in [2.24, 2.45) is 0 Å². The fourth-order valence-corrected chi connectivity index (χ4v) is 2.70. The highest BCUT2D eigenvalue weighted by atomic mass is 32.1. The highest BCUT2D eigenvalue weighted by Crippen LogP contribution is 2.18. The Balaban J connectivity index is 1.74. The van der Waals surface area contributed by atoms with E-state index in [2.05, 4.69) is 15.6 Å². The van der Waals surface area contributed by atoms with E-state index < -0.39 is 0 Å². The summed E-state index contributed by atoms with van der Waals surface area (Å²) in [7, 11) is 0. The molecule has 5 nitrogen and oxygen atoms in total. The minimum atomic E-state index is -0.201. The Morgan fingerprint density at radius 1 is 1.32 bits per heavy atom. The van der Waals surface area contributed by atoms with Crippen molar-refractivity contribution >= 4 is 29.0 Å². The van der Waals surface area contributed by atoms with E-state index in [9.17, 15) is 9.59 Å². The summed E-state index contributed by atoms with van der Waals surface area (Å²) in [6.45, 7) is 4.03. The number of pyridine rings is 1. The molecule has 0 saturated carbocycles. The molecule has 2 heterocycles. The molecule has 0 saturated heterocycles. The molecule has 2 amide bonds. The van der Waals surface area contributed by atoms with Gasteiger partial charge < -0.3 is 10.6 Å². The first-order valence-electron chi connectivity index (χ1n) is 7.09. The van der Waals surface area contributed by atoms with Gasteiger partial charge in [-0.2, -0.15) is 11.3 Å². The van der Waals surface area contributed by atoms with Crippen LogP contribution < -0.4 is 10.6 Å². The molecule has 0 aliphatic carbocycles. The molecule has 22 heavy (non-hydrogen) atoms. The normalized spacial score (nSPS) is 11.7. The van der Waals surface area contributed by atoms with Gasteiger partial charge in [0.2, 0.25) is 11.8 Å². The number of carbonyl (C=O) groups is 2. The topological polar surface area (TPSA) is 71.1 Å². The van der Waals surface area contributed by atoms with Gasteiger partial charge in [-0.3, -0.25) is 9.59 Å². The molecule has 2 aromatic rings. The number of nitrogens with one attached hydrogen (secondary N) is 2. The number of rotatable bonds is 6. The van der Waals surface area contributed by atoms with Crippen LogP contribution in [-0.4, -0.2) is 23.3 Å². The number of hydrogen-bond acceptors (Lipinski definition) is 4. The van der Waals surface area contributed by atoms with Crippen molar-refractivity contribution in [3.63, 3.8) is 0 Å². The van der Waals surface area contributed by atoms with Crippen molar-refractivity contribution in [1.29, 1.82) is 0 Å². The SMILES string of the molecule is Cc1cccc(NC(=O)CCNC(=O)[C@@H](C)c2ccsc2)n1. The molecule has 0 aliphatic heterocycles. The Morgan fingerprint density at radius 2 is 2.14 bits per heavy atom. The highest BCUT2D eigenvalue weighted by Gasteiger charge is 2.15. The molecule has 0 spiro atoms. The van der Waals surface area contributed by atoms with Crippen LogP contribution in [0, 0.1) is 6.92 Å². The van der Waals surface area contributed by atoms with Crippen molar-refractivity contribution in [3.8, 4) is 0 Å². The maximum absolute atomic E-state index is 12.0. The highest BCUT2D eigenvalue weighted by molar-refractivity contribution is 7.08. The number of anilines is 1. The lowest BCUT2D eigenvalue weighted by molar-refractivity contribution is -0.122. The van der Waals surface area contributed by atoms with Gasteiger partial charge in [-0.15, -0.1) is 0 Å². The van der Waals surface area contributed by atoms with E-state index in [1.165, 1.54) is 0 Å². The fourth-order valence-electron chi connectivity index (χ4n) is 1.94. The second-order valence-corrected chi connectivity index (χ2v) is 5.81. The van der Waals surface area contributed by atoms with Crippen LogP contribution in [0.1, 0.15) is 30.5 Å². The van der Waals surface area contributed by atoms with Crippen LogP contribution >= 0.6 is 11.3 Å². The third-order valence-corrected chi connectivity index (χ3v) is 3.95. The van der Waals surface area contributed by atoms with Gasteiger partial charge in [0, 0.05) is 18.7 Å². The number of thiophene rings is 1. The zero-order valence-corrected chi connectivity index (χ0v) is 13.4. The van der Waals surface area contributed by atoms with E-state index in [4.69, 9.17) is 0 Å². The summed E-state index contributed by atoms with van der Waals surface area (Å²) < 4.78 is 0. The summed E-state index contributed by atoms with van der Waals surface area (Å²) in [5.74, 6) is 0.0946. The molecular formula is C16H19N3O2S. The van der Waals surface area contributed by atoms with Crippen molar-refractivity contribution in [2.45, 2.75) is 26.2 Å². The number of hydrogen-bond donors (Lipinski definition) is 2. The Morgan fingerprint density at radius 3 is 2.82 bits per heavy atom. The molecule has 2 rings (SSSR count). The third kappa shape index (κ3) is 4.66. The molecule has 2 aromatic heterocycles. The minimum Gasteiger partial charge on any atom is -0.355 e. The average Bonchev–Trinajstić information content (AvgIpc) is 3.00. The van der Waals surface area contributed by atoms with E-state index >= 15 is 0 Å². The molecule has 0 unspecified atom stereocenters. The van der Waals surface area contributed by atoms with Crippen molar-refractivity contribution < 1.29 is 9.59 Å². The van der Waals surface area contributed by atoms with Crippen LogP contribution in [0.4, 0.5) is 5.82 Å². The lowest BCUT2D eigenvalue weighted by Crippen LogP contribution is -2.30. The molecule has 0 aliphatic rings. The third-order valence-electron chi connectivity index (χ3n) is 3.24. The van der Waals surface area contributed by atoms with E-state index in [-0.39, 0.29) is 24.2 Å². The van der Waals surface area contributed by atoms with Crippen LogP contribution in [0.15, 0.2) is 35.0 Å². The van der Waals surface area contributed by atoms with Gasteiger partial charge in [0.1, 0.15) is 5.82 Å². The number of aromatic nitrogens is 1. The summed E-state index contributed by atoms with van der Waals surface area (Å²) in [6, 6.07) is 7.37. The van der Waals surface area contributed by atoms with Crippen LogP contribution in [-0.2, 0) is 9.59 Å². The van der Waals surface area contributed by atoms with Crippen molar-refractivity contribution in [1.82, 2.24) is 10.3 Å². The standard InChI is InChI=1S/C16H19N3O2S/c1-11-4-3-5-14(18-11)19-15(20)6-8-17-16(21)12(2)13-7-9-22-10-13/h3-5,7,9-10,12H,6,8H2,1-2H3,(H,17,21)(H,18,19,20)/t12-/m0/s1. The van der Waals surface area contributed by atoms with E-state index in [1.54, 1.807) is 17.4 Å². The minimum absolute atomic E-state index is 0.0696. The molecule has 116 valence electrons. The number of amides is 2. The summed E-state index contributed by atoms with van der Waals surface area (Å²) in [5, 5.41) is 9.40. The zero-order chi connectivity index (χ0) is 15.9. The maximum Gasteiger partial charge on any atom is 0.227 e. The Labute approximate surface area is 133 Å². The summed E-state index contributed by atoms with van der Waals surface area (Å²) in [5.41, 5.74) is 1.84. The van der Waals surface area contributed by atoms with E-state index in [0.717, 1.165) is 11.3 Å². The fraction of sp³-hybridized carbons (Fsp3) is 0.312. The van der Waals surface area contributed by atoms with Gasteiger partial charge in [0.05, 0.1) is 5.92 Å². The molecular weight excluding hydrogens is 298 g/mol. The van der Waals surface area contributed by atoms with Gasteiger partial charge in [0.25, 0.3) is 0 Å². The van der Waals surface area contributed by atoms with Gasteiger partial charge in [-0.1, -0.05) is 6.07 Å². The first-order valence-corrected chi connectivity index (χ1v) is 8.04. The molecule has 6 heteroatoms. The largest absolute Gasteiger partial charge is 0.355 e. The van der Waals surface area contributed by atoms with Crippen LogP contribution in [0.3, 0.4) is 0 Å². The quantitative estimate of drug-likeness (QED) is 0.860. The first kappa shape index (κ1) is 16.2. The molecule has 2 N–H and O–H groups in total. The molecule has 1 atom stereocenters. The second kappa shape index (κ2) is 7.70. The van der Waals surface area contributed by atoms with Crippen LogP contribution in [0.2, 0.25) is 0 Å². The Hall–Kier alpha value is -2.21.